The summed E-state index contributed by atoms with van der Waals surface area (Å²) in [6.45, 7) is 0. The Morgan fingerprint density at radius 2 is 1.95 bits per heavy atom. The van der Waals surface area contributed by atoms with Crippen molar-refractivity contribution < 1.29 is 9.21 Å². The van der Waals surface area contributed by atoms with Gasteiger partial charge in [0.2, 0.25) is 5.71 Å². The number of nitrogens with one attached hydrogen (secondary N) is 1. The van der Waals surface area contributed by atoms with Gasteiger partial charge in [-0.3, -0.25) is 4.79 Å². The molecule has 0 saturated carbocycles. The zero-order chi connectivity index (χ0) is 15.9. The minimum Gasteiger partial charge on any atom is -0.437 e. The summed E-state index contributed by atoms with van der Waals surface area (Å²) in [6.07, 6.45) is 0. The molecule has 112 valence electrons. The third kappa shape index (κ3) is 2.60. The molecule has 7 heteroatoms. The lowest BCUT2D eigenvalue weighted by Gasteiger charge is -2.02. The van der Waals surface area contributed by atoms with Crippen molar-refractivity contribution in [2.45, 2.75) is 0 Å². The van der Waals surface area contributed by atoms with E-state index < -0.39 is 0 Å². The molecular formula is C15H9BrCl2N2O2. The van der Waals surface area contributed by atoms with Crippen LogP contribution in [0.25, 0.3) is 22.4 Å². The minimum absolute atomic E-state index is 0.264. The second-order valence-electron chi connectivity index (χ2n) is 4.51. The second-order valence-corrected chi connectivity index (χ2v) is 6.15. The Morgan fingerprint density at radius 3 is 2.59 bits per heavy atom. The number of fused-ring (bicyclic) bond motifs is 1. The van der Waals surface area contributed by atoms with Crippen molar-refractivity contribution in [2.24, 2.45) is 0 Å². The van der Waals surface area contributed by atoms with E-state index in [0.29, 0.717) is 31.9 Å². The summed E-state index contributed by atoms with van der Waals surface area (Å²) in [6, 6.07) is 8.74. The fourth-order valence-electron chi connectivity index (χ4n) is 2.13. The molecule has 22 heavy (non-hydrogen) atoms. The van der Waals surface area contributed by atoms with E-state index in [2.05, 4.69) is 26.2 Å². The molecule has 1 amide bonds. The van der Waals surface area contributed by atoms with Gasteiger partial charge in [0.05, 0.1) is 15.4 Å². The Kier molecular flexibility index (Phi) is 4.12. The van der Waals surface area contributed by atoms with Crippen molar-refractivity contribution in [3.8, 4) is 11.3 Å². The molecule has 0 aliphatic carbocycles. The van der Waals surface area contributed by atoms with Crippen molar-refractivity contribution >= 4 is 56.1 Å². The lowest BCUT2D eigenvalue weighted by Crippen LogP contribution is -2.18. The quantitative estimate of drug-likeness (QED) is 0.622. The van der Waals surface area contributed by atoms with Gasteiger partial charge in [-0.05, 0) is 46.3 Å². The van der Waals surface area contributed by atoms with Gasteiger partial charge in [0.25, 0.3) is 5.91 Å². The van der Waals surface area contributed by atoms with Crippen LogP contribution >= 0.6 is 39.1 Å². The van der Waals surface area contributed by atoms with Crippen molar-refractivity contribution in [3.63, 3.8) is 0 Å². The summed E-state index contributed by atoms with van der Waals surface area (Å²) in [5.41, 5.74) is 1.44. The van der Waals surface area contributed by atoms with Crippen molar-refractivity contribution in [3.05, 3.63) is 50.5 Å². The molecule has 0 radical (unpaired) electrons. The Labute approximate surface area is 144 Å². The number of carbonyl (C=O) groups excluding carboxylic acids is 1. The number of benzene rings is 1. The Morgan fingerprint density at radius 1 is 1.27 bits per heavy atom. The lowest BCUT2D eigenvalue weighted by atomic mass is 10.1. The van der Waals surface area contributed by atoms with Crippen LogP contribution in [-0.2, 0) is 0 Å². The van der Waals surface area contributed by atoms with Gasteiger partial charge in [-0.15, -0.1) is 0 Å². The summed E-state index contributed by atoms with van der Waals surface area (Å²) >= 11 is 15.2. The third-order valence-corrected chi connectivity index (χ3v) is 4.53. The van der Waals surface area contributed by atoms with Crippen LogP contribution in [-0.4, -0.2) is 17.9 Å². The van der Waals surface area contributed by atoms with Crippen molar-refractivity contribution in [1.29, 1.82) is 0 Å². The number of aromatic nitrogens is 1. The van der Waals surface area contributed by atoms with E-state index in [1.807, 2.05) is 0 Å². The molecule has 1 aromatic carbocycles. The smallest absolute Gasteiger partial charge is 0.255 e. The van der Waals surface area contributed by atoms with Crippen molar-refractivity contribution in [2.75, 3.05) is 7.05 Å². The number of furan rings is 1. The summed E-state index contributed by atoms with van der Waals surface area (Å²) in [4.78, 5) is 16.4. The number of hydrogen-bond acceptors (Lipinski definition) is 3. The molecule has 4 nitrogen and oxygen atoms in total. The third-order valence-electron chi connectivity index (χ3n) is 3.15. The molecule has 0 fully saturated rings. The van der Waals surface area contributed by atoms with Crippen LogP contribution < -0.4 is 5.32 Å². The predicted octanol–water partition coefficient (Wildman–Crippen LogP) is 4.92. The van der Waals surface area contributed by atoms with Gasteiger partial charge in [0.1, 0.15) is 10.9 Å². The minimum atomic E-state index is -0.264. The van der Waals surface area contributed by atoms with Gasteiger partial charge >= 0.3 is 0 Å². The van der Waals surface area contributed by atoms with Crippen LogP contribution in [0.1, 0.15) is 10.4 Å². The maximum atomic E-state index is 12.3. The van der Waals surface area contributed by atoms with Crippen LogP contribution in [0.3, 0.4) is 0 Å². The van der Waals surface area contributed by atoms with Crippen molar-refractivity contribution in [1.82, 2.24) is 10.3 Å². The molecule has 0 saturated heterocycles. The van der Waals surface area contributed by atoms with Gasteiger partial charge in [-0.2, -0.15) is 4.98 Å². The molecular weight excluding hydrogens is 391 g/mol. The highest BCUT2D eigenvalue weighted by molar-refractivity contribution is 9.10. The second kappa shape index (κ2) is 5.91. The monoisotopic (exact) mass is 398 g/mol. The number of rotatable bonds is 2. The summed E-state index contributed by atoms with van der Waals surface area (Å²) in [5, 5.41) is 4.07. The molecule has 2 aromatic heterocycles. The van der Waals surface area contributed by atoms with E-state index in [-0.39, 0.29) is 11.1 Å². The topological polar surface area (TPSA) is 55.1 Å². The molecule has 0 atom stereocenters. The number of amides is 1. The fourth-order valence-corrected chi connectivity index (χ4v) is 2.71. The summed E-state index contributed by atoms with van der Waals surface area (Å²) in [5.74, 6) is 0.160. The summed E-state index contributed by atoms with van der Waals surface area (Å²) < 4.78 is 6.36. The van der Waals surface area contributed by atoms with Gasteiger partial charge in [0, 0.05) is 17.6 Å². The zero-order valence-corrected chi connectivity index (χ0v) is 14.4. The fraction of sp³-hybridized carbons (Fsp3) is 0.0667. The average molecular weight is 400 g/mol. The van der Waals surface area contributed by atoms with E-state index in [1.165, 1.54) is 0 Å². The molecule has 0 unspecified atom stereocenters. The highest BCUT2D eigenvalue weighted by Gasteiger charge is 2.23. The zero-order valence-electron chi connectivity index (χ0n) is 11.3. The van der Waals surface area contributed by atoms with Gasteiger partial charge in [-0.25, -0.2) is 0 Å². The van der Waals surface area contributed by atoms with E-state index >= 15 is 0 Å². The Bertz CT molecular complexity index is 875. The van der Waals surface area contributed by atoms with Crippen LogP contribution in [0.5, 0.6) is 0 Å². The normalized spacial score (nSPS) is 10.9. The Balaban J connectivity index is 2.33. The first kappa shape index (κ1) is 15.3. The molecule has 3 aromatic rings. The molecule has 2 heterocycles. The standard InChI is InChI=1S/C15H9BrCl2N2O2/c1-19-14(21)11-9-6-10(16)13(18)20-15(9)22-12(11)7-2-4-8(17)5-3-7/h2-6H,1H3,(H,19,21). The molecule has 3 rings (SSSR count). The molecule has 1 N–H and O–H groups in total. The molecule has 0 spiro atoms. The average Bonchev–Trinajstić information content (AvgIpc) is 2.86. The number of nitrogens with zero attached hydrogens (tertiary/aromatic N) is 1. The van der Waals surface area contributed by atoms with Gasteiger partial charge in [-0.1, -0.05) is 23.2 Å². The van der Waals surface area contributed by atoms with Crippen LogP contribution in [0.15, 0.2) is 39.2 Å². The van der Waals surface area contributed by atoms with E-state index in [0.717, 1.165) is 5.56 Å². The predicted molar refractivity (Wildman–Crippen MR) is 90.6 cm³/mol. The maximum absolute atomic E-state index is 12.3. The number of carbonyl (C=O) groups is 1. The molecule has 0 aliphatic heterocycles. The molecule has 0 bridgehead atoms. The maximum Gasteiger partial charge on any atom is 0.255 e. The first-order valence-corrected chi connectivity index (χ1v) is 7.82. The van der Waals surface area contributed by atoms with E-state index in [9.17, 15) is 4.79 Å². The van der Waals surface area contributed by atoms with Gasteiger partial charge in [0.15, 0.2) is 0 Å². The van der Waals surface area contributed by atoms with Gasteiger partial charge < -0.3 is 9.73 Å². The van der Waals surface area contributed by atoms with Crippen LogP contribution in [0.2, 0.25) is 10.2 Å². The summed E-state index contributed by atoms with van der Waals surface area (Å²) in [7, 11) is 1.56. The Hall–Kier alpha value is -1.56. The lowest BCUT2D eigenvalue weighted by molar-refractivity contribution is 0.0964. The largest absolute Gasteiger partial charge is 0.437 e. The number of hydrogen-bond donors (Lipinski definition) is 1. The number of pyridine rings is 1. The first-order valence-electron chi connectivity index (χ1n) is 6.28. The van der Waals surface area contributed by atoms with E-state index in [1.54, 1.807) is 37.4 Å². The SMILES string of the molecule is CNC(=O)c1c(-c2ccc(Cl)cc2)oc2nc(Cl)c(Br)cc12. The van der Waals surface area contributed by atoms with Crippen LogP contribution in [0.4, 0.5) is 0 Å². The van der Waals surface area contributed by atoms with Crippen LogP contribution in [0, 0.1) is 0 Å². The number of halogens is 3. The highest BCUT2D eigenvalue weighted by Crippen LogP contribution is 2.36. The highest BCUT2D eigenvalue weighted by atomic mass is 79.9. The van der Waals surface area contributed by atoms with E-state index in [4.69, 9.17) is 27.6 Å². The molecule has 0 aliphatic rings. The first-order chi connectivity index (χ1) is 10.5.